The van der Waals surface area contributed by atoms with Crippen LogP contribution < -0.4 is 10.0 Å². The Morgan fingerprint density at radius 2 is 2.14 bits per heavy atom. The average molecular weight is 353 g/mol. The van der Waals surface area contributed by atoms with E-state index >= 15 is 0 Å². The van der Waals surface area contributed by atoms with Gasteiger partial charge < -0.3 is 10.1 Å². The van der Waals surface area contributed by atoms with Crippen LogP contribution in [0.3, 0.4) is 0 Å². The number of halogens is 2. The highest BCUT2D eigenvalue weighted by atomic mass is 35.5. The van der Waals surface area contributed by atoms with Crippen molar-refractivity contribution in [2.75, 3.05) is 32.5 Å². The normalized spacial score (nSPS) is 23.8. The minimum atomic E-state index is -3.32. The second-order valence-corrected chi connectivity index (χ2v) is 7.74. The van der Waals surface area contributed by atoms with Gasteiger partial charge in [0.2, 0.25) is 10.0 Å². The summed E-state index contributed by atoms with van der Waals surface area (Å²) in [5.74, 6) is 0. The molecule has 1 saturated heterocycles. The summed E-state index contributed by atoms with van der Waals surface area (Å²) in [5, 5.41) is 4.14. The van der Waals surface area contributed by atoms with Crippen molar-refractivity contribution in [3.8, 4) is 0 Å². The monoisotopic (exact) mass is 352 g/mol. The van der Waals surface area contributed by atoms with Crippen LogP contribution in [0, 0.1) is 0 Å². The van der Waals surface area contributed by atoms with Gasteiger partial charge in [-0.1, -0.05) is 29.3 Å². The van der Waals surface area contributed by atoms with Crippen LogP contribution in [0.2, 0.25) is 10.0 Å². The molecule has 1 aromatic rings. The molecule has 2 rings (SSSR count). The molecule has 0 bridgehead atoms. The maximum atomic E-state index is 11.4. The van der Waals surface area contributed by atoms with Gasteiger partial charge in [0.1, 0.15) is 5.60 Å². The summed E-state index contributed by atoms with van der Waals surface area (Å²) in [4.78, 5) is 0. The summed E-state index contributed by atoms with van der Waals surface area (Å²) in [6.45, 7) is 1.99. The molecule has 1 fully saturated rings. The van der Waals surface area contributed by atoms with Crippen molar-refractivity contribution in [2.45, 2.75) is 12.0 Å². The molecule has 1 atom stereocenters. The van der Waals surface area contributed by atoms with E-state index in [2.05, 4.69) is 10.0 Å². The number of sulfonamides is 1. The third-order valence-electron chi connectivity index (χ3n) is 3.35. The number of benzene rings is 1. The third-order valence-corrected chi connectivity index (χ3v) is 4.76. The first-order valence-corrected chi connectivity index (χ1v) is 9.22. The van der Waals surface area contributed by atoms with Crippen molar-refractivity contribution in [2.24, 2.45) is 0 Å². The van der Waals surface area contributed by atoms with Crippen molar-refractivity contribution in [3.63, 3.8) is 0 Å². The SMILES string of the molecule is CS(=O)(=O)NCC1(c2ccc(Cl)c(Cl)c2)CNCCCO1. The van der Waals surface area contributed by atoms with Gasteiger partial charge in [-0.05, 0) is 30.7 Å². The maximum Gasteiger partial charge on any atom is 0.208 e. The molecular weight excluding hydrogens is 335 g/mol. The fourth-order valence-electron chi connectivity index (χ4n) is 2.23. The van der Waals surface area contributed by atoms with Crippen LogP contribution in [-0.4, -0.2) is 40.9 Å². The zero-order valence-corrected chi connectivity index (χ0v) is 14.0. The molecule has 0 radical (unpaired) electrons. The third kappa shape index (κ3) is 4.55. The summed E-state index contributed by atoms with van der Waals surface area (Å²) in [5.41, 5.74) is -0.00387. The molecule has 1 heterocycles. The molecule has 0 saturated carbocycles. The quantitative estimate of drug-likeness (QED) is 0.866. The van der Waals surface area contributed by atoms with Crippen molar-refractivity contribution in [1.82, 2.24) is 10.0 Å². The van der Waals surface area contributed by atoms with Crippen LogP contribution >= 0.6 is 23.2 Å². The van der Waals surface area contributed by atoms with E-state index in [4.69, 9.17) is 27.9 Å². The van der Waals surface area contributed by atoms with Gasteiger partial charge in [0.05, 0.1) is 16.3 Å². The topological polar surface area (TPSA) is 67.4 Å². The van der Waals surface area contributed by atoms with Gasteiger partial charge in [0, 0.05) is 19.7 Å². The van der Waals surface area contributed by atoms with E-state index in [-0.39, 0.29) is 6.54 Å². The molecule has 5 nitrogen and oxygen atoms in total. The zero-order chi connectivity index (χ0) is 15.5. The smallest absolute Gasteiger partial charge is 0.208 e. The van der Waals surface area contributed by atoms with E-state index in [0.717, 1.165) is 24.8 Å². The van der Waals surface area contributed by atoms with Gasteiger partial charge in [-0.15, -0.1) is 0 Å². The predicted molar refractivity (Wildman–Crippen MR) is 84.4 cm³/mol. The van der Waals surface area contributed by atoms with Crippen LogP contribution in [0.25, 0.3) is 0 Å². The van der Waals surface area contributed by atoms with Crippen molar-refractivity contribution in [1.29, 1.82) is 0 Å². The molecular formula is C13H18Cl2N2O3S. The molecule has 1 aliphatic rings. The molecule has 21 heavy (non-hydrogen) atoms. The van der Waals surface area contributed by atoms with Crippen LogP contribution in [0.1, 0.15) is 12.0 Å². The first-order valence-electron chi connectivity index (χ1n) is 6.57. The van der Waals surface area contributed by atoms with E-state index < -0.39 is 15.6 Å². The Kier molecular flexibility index (Phi) is 5.51. The second-order valence-electron chi connectivity index (χ2n) is 5.10. The van der Waals surface area contributed by atoms with Gasteiger partial charge in [-0.2, -0.15) is 0 Å². The lowest BCUT2D eigenvalue weighted by atomic mass is 9.93. The van der Waals surface area contributed by atoms with Crippen molar-refractivity contribution in [3.05, 3.63) is 33.8 Å². The van der Waals surface area contributed by atoms with Crippen LogP contribution in [-0.2, 0) is 20.4 Å². The Hall–Kier alpha value is -0.370. The summed E-state index contributed by atoms with van der Waals surface area (Å²) in [7, 11) is -3.32. The van der Waals surface area contributed by atoms with Crippen molar-refractivity contribution < 1.29 is 13.2 Å². The molecule has 1 aromatic carbocycles. The highest BCUT2D eigenvalue weighted by Crippen LogP contribution is 2.32. The van der Waals surface area contributed by atoms with Crippen LogP contribution in [0.4, 0.5) is 0 Å². The summed E-state index contributed by atoms with van der Waals surface area (Å²) >= 11 is 12.0. The molecule has 1 unspecified atom stereocenters. The van der Waals surface area contributed by atoms with E-state index in [9.17, 15) is 8.42 Å². The highest BCUT2D eigenvalue weighted by molar-refractivity contribution is 7.88. The molecule has 2 N–H and O–H groups in total. The minimum absolute atomic E-state index is 0.136. The molecule has 118 valence electrons. The van der Waals surface area contributed by atoms with Gasteiger partial charge in [0.15, 0.2) is 0 Å². The van der Waals surface area contributed by atoms with Crippen LogP contribution in [0.15, 0.2) is 18.2 Å². The summed E-state index contributed by atoms with van der Waals surface area (Å²) in [6, 6.07) is 5.22. The molecule has 0 spiro atoms. The minimum Gasteiger partial charge on any atom is -0.368 e. The van der Waals surface area contributed by atoms with E-state index in [0.29, 0.717) is 23.2 Å². The lowest BCUT2D eigenvalue weighted by Gasteiger charge is -2.33. The Bertz CT molecular complexity index is 599. The summed E-state index contributed by atoms with van der Waals surface area (Å²) in [6.07, 6.45) is 1.99. The lowest BCUT2D eigenvalue weighted by molar-refractivity contribution is -0.0334. The van der Waals surface area contributed by atoms with Crippen LogP contribution in [0.5, 0.6) is 0 Å². The van der Waals surface area contributed by atoms with E-state index in [1.807, 2.05) is 6.07 Å². The summed E-state index contributed by atoms with van der Waals surface area (Å²) < 4.78 is 31.3. The standard InChI is InChI=1S/C13H18Cl2N2O3S/c1-21(18,19)17-9-13(8-16-5-2-6-20-13)10-3-4-11(14)12(15)7-10/h3-4,7,16-17H,2,5-6,8-9H2,1H3. The fraction of sp³-hybridized carbons (Fsp3) is 0.538. The number of nitrogens with one attached hydrogen (secondary N) is 2. The average Bonchev–Trinajstić information content (AvgIpc) is 2.65. The molecule has 0 aromatic heterocycles. The molecule has 8 heteroatoms. The Balaban J connectivity index is 2.35. The number of hydrogen-bond acceptors (Lipinski definition) is 4. The zero-order valence-electron chi connectivity index (χ0n) is 11.7. The maximum absolute atomic E-state index is 11.4. The lowest BCUT2D eigenvalue weighted by Crippen LogP contribution is -2.48. The Morgan fingerprint density at radius 3 is 2.81 bits per heavy atom. The largest absolute Gasteiger partial charge is 0.368 e. The molecule has 1 aliphatic heterocycles. The fourth-order valence-corrected chi connectivity index (χ4v) is 3.03. The first kappa shape index (κ1) is 17.0. The number of hydrogen-bond donors (Lipinski definition) is 2. The van der Waals surface area contributed by atoms with E-state index in [1.165, 1.54) is 0 Å². The van der Waals surface area contributed by atoms with Gasteiger partial charge in [0.25, 0.3) is 0 Å². The van der Waals surface area contributed by atoms with E-state index in [1.54, 1.807) is 12.1 Å². The molecule has 0 aliphatic carbocycles. The second kappa shape index (κ2) is 6.81. The highest BCUT2D eigenvalue weighted by Gasteiger charge is 2.35. The van der Waals surface area contributed by atoms with Gasteiger partial charge >= 0.3 is 0 Å². The number of rotatable bonds is 4. The Labute approximate surface area is 135 Å². The predicted octanol–water partition coefficient (Wildman–Crippen LogP) is 1.75. The molecule has 0 amide bonds. The van der Waals surface area contributed by atoms with Crippen molar-refractivity contribution >= 4 is 33.2 Å². The first-order chi connectivity index (χ1) is 9.82. The Morgan fingerprint density at radius 1 is 1.38 bits per heavy atom. The number of ether oxygens (including phenoxy) is 1. The van der Waals surface area contributed by atoms with Gasteiger partial charge in [-0.25, -0.2) is 13.1 Å². The van der Waals surface area contributed by atoms with Gasteiger partial charge in [-0.3, -0.25) is 0 Å².